The molecule has 0 bridgehead atoms. The Hall–Kier alpha value is -3.94. The van der Waals surface area contributed by atoms with Crippen LogP contribution in [-0.2, 0) is 0 Å². The monoisotopic (exact) mass is 430 g/mol. The predicted molar refractivity (Wildman–Crippen MR) is 127 cm³/mol. The molecule has 2 heterocycles. The lowest BCUT2D eigenvalue weighted by molar-refractivity contribution is 0.0954. The number of nitrogens with one attached hydrogen (secondary N) is 1. The van der Waals surface area contributed by atoms with E-state index < -0.39 is 0 Å². The zero-order valence-corrected chi connectivity index (χ0v) is 18.4. The van der Waals surface area contributed by atoms with E-state index in [1.807, 2.05) is 48.5 Å². The molecule has 0 unspecified atom stereocenters. The summed E-state index contributed by atoms with van der Waals surface area (Å²) in [6, 6.07) is 15.0. The fourth-order valence-corrected chi connectivity index (χ4v) is 3.40. The quantitative estimate of drug-likeness (QED) is 0.433. The maximum Gasteiger partial charge on any atom is 0.257 e. The molecule has 32 heavy (non-hydrogen) atoms. The van der Waals surface area contributed by atoms with Crippen LogP contribution >= 0.6 is 0 Å². The van der Waals surface area contributed by atoms with E-state index in [2.05, 4.69) is 29.2 Å². The zero-order chi connectivity index (χ0) is 22.7. The van der Waals surface area contributed by atoms with Gasteiger partial charge in [-0.1, -0.05) is 38.1 Å². The molecule has 0 aliphatic carbocycles. The molecule has 164 valence electrons. The predicted octanol–water partition coefficient (Wildman–Crippen LogP) is 3.83. The normalized spacial score (nSPS) is 11.6. The van der Waals surface area contributed by atoms with Gasteiger partial charge >= 0.3 is 0 Å². The first-order valence-corrected chi connectivity index (χ1v) is 10.5. The Labute approximate surface area is 186 Å². The standard InChI is InChI=1S/C24H26N6O2/c1-15(2)11-12-26-24(31)20-21-23(29-19-10-5-4-9-18(19)28-21)30(22(20)25)27-14-16-7-6-8-17(13-16)32-3/h4-10,13-15H,11-12,25H2,1-3H3,(H,26,31). The lowest BCUT2D eigenvalue weighted by Crippen LogP contribution is -2.26. The van der Waals surface area contributed by atoms with E-state index in [1.54, 1.807) is 13.3 Å². The fourth-order valence-electron chi connectivity index (χ4n) is 3.40. The summed E-state index contributed by atoms with van der Waals surface area (Å²) in [4.78, 5) is 22.4. The zero-order valence-electron chi connectivity index (χ0n) is 18.4. The van der Waals surface area contributed by atoms with Crippen molar-refractivity contribution in [2.75, 3.05) is 19.4 Å². The molecule has 2 aromatic carbocycles. The smallest absolute Gasteiger partial charge is 0.257 e. The highest BCUT2D eigenvalue weighted by atomic mass is 16.5. The minimum Gasteiger partial charge on any atom is -0.497 e. The maximum absolute atomic E-state index is 13.0. The van der Waals surface area contributed by atoms with Gasteiger partial charge in [0.15, 0.2) is 5.65 Å². The third kappa shape index (κ3) is 4.25. The second-order valence-corrected chi connectivity index (χ2v) is 7.92. The molecule has 0 aliphatic heterocycles. The molecule has 0 atom stereocenters. The summed E-state index contributed by atoms with van der Waals surface area (Å²) in [7, 11) is 1.61. The van der Waals surface area contributed by atoms with E-state index in [9.17, 15) is 4.79 Å². The minimum atomic E-state index is -0.284. The third-order valence-corrected chi connectivity index (χ3v) is 5.12. The highest BCUT2D eigenvalue weighted by molar-refractivity contribution is 6.10. The number of methoxy groups -OCH3 is 1. The SMILES string of the molecule is COc1cccc(C=Nn2c(N)c(C(=O)NCCC(C)C)c3nc4ccccc4nc32)c1. The molecule has 4 rings (SSSR count). The summed E-state index contributed by atoms with van der Waals surface area (Å²) < 4.78 is 6.73. The maximum atomic E-state index is 13.0. The second-order valence-electron chi connectivity index (χ2n) is 7.92. The van der Waals surface area contributed by atoms with Crippen molar-refractivity contribution >= 4 is 40.1 Å². The van der Waals surface area contributed by atoms with Crippen LogP contribution < -0.4 is 15.8 Å². The highest BCUT2D eigenvalue weighted by Gasteiger charge is 2.23. The van der Waals surface area contributed by atoms with Crippen LogP contribution in [0.4, 0.5) is 5.82 Å². The molecule has 8 heteroatoms. The Kier molecular flexibility index (Phi) is 6.02. The number of carbonyl (C=O) groups excluding carboxylic acids is 1. The fraction of sp³-hybridized carbons (Fsp3) is 0.250. The molecule has 1 amide bonds. The summed E-state index contributed by atoms with van der Waals surface area (Å²) in [5.74, 6) is 1.10. The van der Waals surface area contributed by atoms with Gasteiger partial charge in [0.1, 0.15) is 22.6 Å². The van der Waals surface area contributed by atoms with E-state index in [-0.39, 0.29) is 17.3 Å². The molecular weight excluding hydrogens is 404 g/mol. The molecule has 0 radical (unpaired) electrons. The molecule has 2 aromatic heterocycles. The minimum absolute atomic E-state index is 0.191. The van der Waals surface area contributed by atoms with Crippen molar-refractivity contribution in [2.24, 2.45) is 11.0 Å². The van der Waals surface area contributed by atoms with Crippen molar-refractivity contribution < 1.29 is 9.53 Å². The number of nitrogens with two attached hydrogens (primary N) is 1. The number of hydrogen-bond acceptors (Lipinski definition) is 6. The van der Waals surface area contributed by atoms with Crippen LogP contribution in [0.25, 0.3) is 22.2 Å². The Balaban J connectivity index is 1.82. The van der Waals surface area contributed by atoms with Gasteiger partial charge in [0.2, 0.25) is 0 Å². The number of carbonyl (C=O) groups is 1. The molecular formula is C24H26N6O2. The van der Waals surface area contributed by atoms with Crippen molar-refractivity contribution in [3.8, 4) is 5.75 Å². The largest absolute Gasteiger partial charge is 0.497 e. The van der Waals surface area contributed by atoms with Crippen LogP contribution in [0.2, 0.25) is 0 Å². The summed E-state index contributed by atoms with van der Waals surface area (Å²) in [5.41, 5.74) is 9.75. The van der Waals surface area contributed by atoms with Crippen molar-refractivity contribution in [3.05, 3.63) is 59.7 Å². The molecule has 0 saturated heterocycles. The summed E-state index contributed by atoms with van der Waals surface area (Å²) in [5, 5.41) is 7.47. The number of rotatable bonds is 7. The lowest BCUT2D eigenvalue weighted by atomic mass is 10.1. The first kappa shape index (κ1) is 21.3. The van der Waals surface area contributed by atoms with Crippen LogP contribution in [0.15, 0.2) is 53.6 Å². The van der Waals surface area contributed by atoms with Crippen LogP contribution in [0, 0.1) is 5.92 Å². The van der Waals surface area contributed by atoms with E-state index >= 15 is 0 Å². The van der Waals surface area contributed by atoms with Gasteiger partial charge < -0.3 is 15.8 Å². The van der Waals surface area contributed by atoms with Crippen molar-refractivity contribution in [2.45, 2.75) is 20.3 Å². The number of hydrogen-bond donors (Lipinski definition) is 2. The average Bonchev–Trinajstić information content (AvgIpc) is 3.06. The summed E-state index contributed by atoms with van der Waals surface area (Å²) in [6.45, 7) is 4.77. The van der Waals surface area contributed by atoms with Gasteiger partial charge in [0.05, 0.1) is 24.4 Å². The van der Waals surface area contributed by atoms with E-state index in [1.165, 1.54) is 4.68 Å². The molecule has 8 nitrogen and oxygen atoms in total. The van der Waals surface area contributed by atoms with Crippen molar-refractivity contribution in [3.63, 3.8) is 0 Å². The number of benzene rings is 2. The van der Waals surface area contributed by atoms with Crippen LogP contribution in [0.3, 0.4) is 0 Å². The Bertz CT molecular complexity index is 1310. The number of ether oxygens (including phenoxy) is 1. The van der Waals surface area contributed by atoms with Crippen LogP contribution in [-0.4, -0.2) is 40.4 Å². The third-order valence-electron chi connectivity index (χ3n) is 5.12. The Morgan fingerprint density at radius 3 is 2.66 bits per heavy atom. The van der Waals surface area contributed by atoms with Crippen molar-refractivity contribution in [1.82, 2.24) is 20.0 Å². The van der Waals surface area contributed by atoms with E-state index in [4.69, 9.17) is 15.5 Å². The summed E-state index contributed by atoms with van der Waals surface area (Å²) >= 11 is 0. The Morgan fingerprint density at radius 1 is 1.19 bits per heavy atom. The molecule has 3 N–H and O–H groups in total. The van der Waals surface area contributed by atoms with Gasteiger partial charge in [-0.05, 0) is 42.2 Å². The number of aromatic nitrogens is 3. The first-order chi connectivity index (χ1) is 15.5. The number of fused-ring (bicyclic) bond motifs is 2. The van der Waals surface area contributed by atoms with Crippen LogP contribution in [0.5, 0.6) is 5.75 Å². The molecule has 0 fully saturated rings. The first-order valence-electron chi connectivity index (χ1n) is 10.5. The van der Waals surface area contributed by atoms with Gasteiger partial charge in [0, 0.05) is 6.54 Å². The Morgan fingerprint density at radius 2 is 1.94 bits per heavy atom. The summed E-state index contributed by atoms with van der Waals surface area (Å²) in [6.07, 6.45) is 2.52. The highest BCUT2D eigenvalue weighted by Crippen LogP contribution is 2.28. The average molecular weight is 431 g/mol. The van der Waals surface area contributed by atoms with E-state index in [0.717, 1.165) is 17.7 Å². The van der Waals surface area contributed by atoms with Crippen LogP contribution in [0.1, 0.15) is 36.2 Å². The van der Waals surface area contributed by atoms with Gasteiger partial charge in [-0.15, -0.1) is 0 Å². The lowest BCUT2D eigenvalue weighted by Gasteiger charge is -2.07. The van der Waals surface area contributed by atoms with Gasteiger partial charge in [-0.25, -0.2) is 9.97 Å². The number of anilines is 1. The topological polar surface area (TPSA) is 107 Å². The number of nitrogen functional groups attached to an aromatic ring is 1. The van der Waals surface area contributed by atoms with Gasteiger partial charge in [-0.3, -0.25) is 4.79 Å². The van der Waals surface area contributed by atoms with Crippen molar-refractivity contribution in [1.29, 1.82) is 0 Å². The number of para-hydroxylation sites is 2. The van der Waals surface area contributed by atoms with E-state index in [0.29, 0.717) is 34.7 Å². The molecule has 0 spiro atoms. The number of amides is 1. The molecule has 0 saturated carbocycles. The second kappa shape index (κ2) is 9.05. The molecule has 0 aliphatic rings. The number of nitrogens with zero attached hydrogens (tertiary/aromatic N) is 4. The van der Waals surface area contributed by atoms with Gasteiger partial charge in [0.25, 0.3) is 5.91 Å². The molecule has 4 aromatic rings. The van der Waals surface area contributed by atoms with Gasteiger partial charge in [-0.2, -0.15) is 9.78 Å².